The molecular formula is C18H15NO5. The third-order valence-electron chi connectivity index (χ3n) is 3.85. The maximum absolute atomic E-state index is 12.7. The fraction of sp³-hybridized carbons (Fsp3) is 0.111. The summed E-state index contributed by atoms with van der Waals surface area (Å²) in [6, 6.07) is 14.3. The van der Waals surface area contributed by atoms with Gasteiger partial charge in [-0.15, -0.1) is 0 Å². The van der Waals surface area contributed by atoms with Crippen molar-refractivity contribution in [3.63, 3.8) is 0 Å². The number of carbonyl (C=O) groups excluding carboxylic acids is 1. The molecule has 1 atom stereocenters. The third-order valence-corrected chi connectivity index (χ3v) is 3.85. The lowest BCUT2D eigenvalue weighted by atomic mass is 9.95. The molecule has 0 amide bonds. The van der Waals surface area contributed by atoms with Crippen molar-refractivity contribution in [1.82, 2.24) is 5.32 Å². The molecule has 122 valence electrons. The molecule has 24 heavy (non-hydrogen) atoms. The van der Waals surface area contributed by atoms with Crippen molar-refractivity contribution in [3.8, 4) is 11.1 Å². The van der Waals surface area contributed by atoms with Gasteiger partial charge in [-0.25, -0.2) is 0 Å². The number of benzene rings is 2. The fourth-order valence-electron chi connectivity index (χ4n) is 2.78. The van der Waals surface area contributed by atoms with E-state index in [1.807, 2.05) is 30.3 Å². The van der Waals surface area contributed by atoms with Gasteiger partial charge in [0.15, 0.2) is 5.78 Å². The Kier molecular flexibility index (Phi) is 4.16. The minimum Gasteiger partial charge on any atom is -0.507 e. The number of aliphatic hydroxyl groups is 2. The molecule has 0 radical (unpaired) electrons. The highest BCUT2D eigenvalue weighted by Crippen LogP contribution is 2.38. The molecule has 0 spiro atoms. The number of ketones is 1. The van der Waals surface area contributed by atoms with Gasteiger partial charge in [0.1, 0.15) is 12.0 Å². The van der Waals surface area contributed by atoms with Crippen molar-refractivity contribution >= 4 is 17.5 Å². The Morgan fingerprint density at radius 3 is 2.38 bits per heavy atom. The number of carbonyl (C=O) groups is 2. The molecule has 2 aromatic carbocycles. The summed E-state index contributed by atoms with van der Waals surface area (Å²) in [5.74, 6) is -2.03. The van der Waals surface area contributed by atoms with Gasteiger partial charge in [-0.3, -0.25) is 14.9 Å². The van der Waals surface area contributed by atoms with Gasteiger partial charge in [0.25, 0.3) is 0 Å². The van der Waals surface area contributed by atoms with Crippen LogP contribution in [0.5, 0.6) is 0 Å². The molecule has 0 heterocycles. The molecule has 2 aromatic rings. The first-order valence-corrected chi connectivity index (χ1v) is 7.30. The molecule has 3 rings (SSSR count). The van der Waals surface area contributed by atoms with Crippen LogP contribution in [0, 0.1) is 0 Å². The van der Waals surface area contributed by atoms with Crippen molar-refractivity contribution in [3.05, 3.63) is 65.2 Å². The van der Waals surface area contributed by atoms with Crippen molar-refractivity contribution in [2.24, 2.45) is 0 Å². The number of aliphatic hydroxyl groups excluding tert-OH is 2. The van der Waals surface area contributed by atoms with E-state index in [1.165, 1.54) is 0 Å². The highest BCUT2D eigenvalue weighted by Gasteiger charge is 2.36. The van der Waals surface area contributed by atoms with Crippen LogP contribution >= 0.6 is 0 Å². The zero-order valence-electron chi connectivity index (χ0n) is 12.6. The predicted octanol–water partition coefficient (Wildman–Crippen LogP) is 1.81. The predicted molar refractivity (Wildman–Crippen MR) is 87.4 cm³/mol. The molecule has 0 bridgehead atoms. The van der Waals surface area contributed by atoms with Crippen LogP contribution in [-0.4, -0.2) is 39.8 Å². The van der Waals surface area contributed by atoms with E-state index >= 15 is 0 Å². The number of carboxylic acids is 1. The largest absolute Gasteiger partial charge is 0.507 e. The lowest BCUT2D eigenvalue weighted by Gasteiger charge is -2.12. The first-order valence-electron chi connectivity index (χ1n) is 7.30. The van der Waals surface area contributed by atoms with Gasteiger partial charge in [0.05, 0.1) is 12.1 Å². The smallest absolute Gasteiger partial charge is 0.317 e. The number of rotatable bonds is 5. The number of hydrogen-bond acceptors (Lipinski definition) is 5. The number of fused-ring (bicyclic) bond motifs is 1. The second kappa shape index (κ2) is 6.27. The maximum Gasteiger partial charge on any atom is 0.317 e. The summed E-state index contributed by atoms with van der Waals surface area (Å²) in [4.78, 5) is 23.3. The van der Waals surface area contributed by atoms with E-state index in [-0.39, 0.29) is 11.3 Å². The van der Waals surface area contributed by atoms with E-state index in [0.717, 1.165) is 5.56 Å². The van der Waals surface area contributed by atoms with Gasteiger partial charge in [0, 0.05) is 11.1 Å². The van der Waals surface area contributed by atoms with Gasteiger partial charge in [-0.2, -0.15) is 0 Å². The molecule has 6 nitrogen and oxygen atoms in total. The van der Waals surface area contributed by atoms with E-state index in [4.69, 9.17) is 5.11 Å². The van der Waals surface area contributed by atoms with E-state index < -0.39 is 24.5 Å². The number of hydrogen-bond donors (Lipinski definition) is 4. The Bertz CT molecular complexity index is 842. The molecule has 0 fully saturated rings. The van der Waals surface area contributed by atoms with Gasteiger partial charge in [-0.05, 0) is 11.1 Å². The summed E-state index contributed by atoms with van der Waals surface area (Å²) in [5, 5.41) is 31.4. The molecular weight excluding hydrogens is 310 g/mol. The van der Waals surface area contributed by atoms with Crippen molar-refractivity contribution in [2.45, 2.75) is 6.23 Å². The Morgan fingerprint density at radius 1 is 1.04 bits per heavy atom. The Morgan fingerprint density at radius 2 is 1.71 bits per heavy atom. The minimum absolute atomic E-state index is 0.241. The van der Waals surface area contributed by atoms with E-state index in [1.54, 1.807) is 18.2 Å². The first kappa shape index (κ1) is 15.9. The van der Waals surface area contributed by atoms with Crippen molar-refractivity contribution in [2.75, 3.05) is 6.54 Å². The average molecular weight is 325 g/mol. The van der Waals surface area contributed by atoms with Gasteiger partial charge < -0.3 is 15.3 Å². The Labute approximate surface area is 137 Å². The van der Waals surface area contributed by atoms with Crippen LogP contribution in [0.2, 0.25) is 0 Å². The zero-order chi connectivity index (χ0) is 17.3. The molecule has 0 aromatic heterocycles. The van der Waals surface area contributed by atoms with Crippen LogP contribution in [0.15, 0.2) is 54.1 Å². The number of carboxylic acid groups (broad SMARTS) is 1. The first-order chi connectivity index (χ1) is 11.5. The van der Waals surface area contributed by atoms with Gasteiger partial charge in [-0.1, -0.05) is 48.5 Å². The molecule has 6 heteroatoms. The summed E-state index contributed by atoms with van der Waals surface area (Å²) in [6.07, 6.45) is -1.57. The van der Waals surface area contributed by atoms with Crippen LogP contribution in [0.3, 0.4) is 0 Å². The van der Waals surface area contributed by atoms with Gasteiger partial charge in [0.2, 0.25) is 0 Å². The zero-order valence-corrected chi connectivity index (χ0v) is 12.6. The second-order valence-electron chi connectivity index (χ2n) is 5.36. The highest BCUT2D eigenvalue weighted by atomic mass is 16.4. The lowest BCUT2D eigenvalue weighted by Crippen LogP contribution is -2.36. The monoisotopic (exact) mass is 325 g/mol. The molecule has 0 saturated heterocycles. The topological polar surface area (TPSA) is 107 Å². The van der Waals surface area contributed by atoms with Crippen molar-refractivity contribution < 1.29 is 24.9 Å². The van der Waals surface area contributed by atoms with E-state index in [0.29, 0.717) is 16.7 Å². The minimum atomic E-state index is -1.57. The highest BCUT2D eigenvalue weighted by molar-refractivity contribution is 6.23. The van der Waals surface area contributed by atoms with E-state index in [9.17, 15) is 19.8 Å². The Hall–Kier alpha value is -2.96. The number of nitrogens with one attached hydrogen (secondary N) is 1. The second-order valence-corrected chi connectivity index (χ2v) is 5.36. The molecule has 0 aliphatic heterocycles. The summed E-state index contributed by atoms with van der Waals surface area (Å²) < 4.78 is 0. The van der Waals surface area contributed by atoms with Crippen LogP contribution < -0.4 is 5.32 Å². The van der Waals surface area contributed by atoms with Crippen molar-refractivity contribution in [1.29, 1.82) is 0 Å². The summed E-state index contributed by atoms with van der Waals surface area (Å²) in [7, 11) is 0. The normalized spacial score (nSPS) is 14.6. The Balaban J connectivity index is 2.02. The van der Waals surface area contributed by atoms with Crippen LogP contribution in [0.25, 0.3) is 16.9 Å². The summed E-state index contributed by atoms with van der Waals surface area (Å²) in [6.45, 7) is -0.535. The van der Waals surface area contributed by atoms with Crippen LogP contribution in [0.4, 0.5) is 0 Å². The molecule has 0 saturated carbocycles. The SMILES string of the molecule is O=C(O)CNC(O)C1=C(O)c2cccc(-c3ccccc3)c2C1=O. The summed E-state index contributed by atoms with van der Waals surface area (Å²) in [5.41, 5.74) is 1.84. The quantitative estimate of drug-likeness (QED) is 0.625. The molecule has 1 aliphatic rings. The maximum atomic E-state index is 12.7. The van der Waals surface area contributed by atoms with Crippen LogP contribution in [-0.2, 0) is 4.79 Å². The molecule has 4 N–H and O–H groups in total. The number of Topliss-reactive ketones (excluding diaryl/α,β-unsaturated/α-hetero) is 1. The third kappa shape index (κ3) is 2.68. The fourth-order valence-corrected chi connectivity index (χ4v) is 2.78. The molecule has 1 aliphatic carbocycles. The van der Waals surface area contributed by atoms with E-state index in [2.05, 4.69) is 5.32 Å². The van der Waals surface area contributed by atoms with Crippen LogP contribution in [0.1, 0.15) is 15.9 Å². The molecule has 1 unspecified atom stereocenters. The standard InChI is InChI=1S/C18H15NO5/c20-13(21)9-19-18(24)15-16(22)12-8-4-7-11(14(12)17(15)23)10-5-2-1-3-6-10/h1-8,18-19,22,24H,9H2,(H,20,21). The number of aliphatic carboxylic acids is 1. The summed E-state index contributed by atoms with van der Waals surface area (Å²) >= 11 is 0. The average Bonchev–Trinajstić information content (AvgIpc) is 2.85. The van der Waals surface area contributed by atoms with Gasteiger partial charge >= 0.3 is 5.97 Å². The lowest BCUT2D eigenvalue weighted by molar-refractivity contribution is -0.136.